The van der Waals surface area contributed by atoms with E-state index in [0.717, 1.165) is 54.2 Å². The molecule has 1 aliphatic carbocycles. The molecule has 2 aromatic heterocycles. The maximum atomic E-state index is 11.9. The van der Waals surface area contributed by atoms with Crippen molar-refractivity contribution in [2.24, 2.45) is 0 Å². The van der Waals surface area contributed by atoms with E-state index in [0.29, 0.717) is 12.3 Å². The molecule has 2 fully saturated rings. The van der Waals surface area contributed by atoms with E-state index in [1.54, 1.807) is 0 Å². The van der Waals surface area contributed by atoms with E-state index in [4.69, 9.17) is 0 Å². The Morgan fingerprint density at radius 3 is 2.62 bits per heavy atom. The van der Waals surface area contributed by atoms with Gasteiger partial charge in [-0.25, -0.2) is 13.4 Å². The molecule has 8 nitrogen and oxygen atoms in total. The van der Waals surface area contributed by atoms with Crippen LogP contribution >= 0.6 is 11.5 Å². The lowest BCUT2D eigenvalue weighted by molar-refractivity contribution is 0.589. The summed E-state index contributed by atoms with van der Waals surface area (Å²) in [5.74, 6) is 2.63. The van der Waals surface area contributed by atoms with Gasteiger partial charge in [0.25, 0.3) is 0 Å². The lowest BCUT2D eigenvalue weighted by Gasteiger charge is -2.35. The molecule has 0 spiro atoms. The summed E-state index contributed by atoms with van der Waals surface area (Å²) in [6.45, 7) is 3.35. The van der Waals surface area contributed by atoms with E-state index in [-0.39, 0.29) is 11.5 Å². The molecule has 3 aliphatic rings. The first-order valence-corrected chi connectivity index (χ1v) is 11.6. The Kier molecular flexibility index (Phi) is 3.85. The maximum absolute atomic E-state index is 11.9. The van der Waals surface area contributed by atoms with Crippen LogP contribution in [0.5, 0.6) is 0 Å². The van der Waals surface area contributed by atoms with Crippen LogP contribution in [-0.2, 0) is 22.0 Å². The Labute approximate surface area is 156 Å². The second-order valence-corrected chi connectivity index (χ2v) is 10.1. The maximum Gasteiger partial charge on any atom is 0.205 e. The van der Waals surface area contributed by atoms with E-state index in [1.807, 2.05) is 6.07 Å². The first kappa shape index (κ1) is 16.4. The van der Waals surface area contributed by atoms with E-state index in [2.05, 4.69) is 29.4 Å². The molecular weight excluding hydrogens is 372 g/mol. The van der Waals surface area contributed by atoms with Gasteiger partial charge in [-0.05, 0) is 24.5 Å². The Balaban J connectivity index is 1.28. The average molecular weight is 393 g/mol. The average Bonchev–Trinajstić information content (AvgIpc) is 3.37. The molecule has 2 aromatic rings. The fourth-order valence-electron chi connectivity index (χ4n) is 3.48. The summed E-state index contributed by atoms with van der Waals surface area (Å²) in [4.78, 5) is 9.14. The Hall–Kier alpha value is -1.81. The summed E-state index contributed by atoms with van der Waals surface area (Å²) in [7, 11) is -3.00. The third-order valence-electron chi connectivity index (χ3n) is 5.22. The molecule has 1 saturated carbocycles. The minimum Gasteiger partial charge on any atom is -0.352 e. The highest BCUT2D eigenvalue weighted by atomic mass is 32.2. The van der Waals surface area contributed by atoms with Gasteiger partial charge in [0.2, 0.25) is 5.13 Å². The van der Waals surface area contributed by atoms with Crippen LogP contribution in [0.3, 0.4) is 0 Å². The van der Waals surface area contributed by atoms with Crippen LogP contribution < -0.4 is 9.80 Å². The molecule has 2 aliphatic heterocycles. The van der Waals surface area contributed by atoms with Crippen LogP contribution in [0, 0.1) is 0 Å². The molecule has 10 heteroatoms. The molecule has 0 unspecified atom stereocenters. The van der Waals surface area contributed by atoms with Crippen LogP contribution in [-0.4, -0.2) is 59.9 Å². The number of anilines is 2. The number of aryl methyl sites for hydroxylation is 1. The van der Waals surface area contributed by atoms with Crippen molar-refractivity contribution in [1.29, 1.82) is 0 Å². The summed E-state index contributed by atoms with van der Waals surface area (Å²) in [6, 6.07) is 1.91. The number of sulfone groups is 1. The molecule has 138 valence electrons. The van der Waals surface area contributed by atoms with Crippen LogP contribution in [0.15, 0.2) is 6.07 Å². The highest BCUT2D eigenvalue weighted by Gasteiger charge is 2.30. The molecule has 0 atom stereocenters. The van der Waals surface area contributed by atoms with Gasteiger partial charge in [0, 0.05) is 50.1 Å². The SMILES string of the molecule is O=S1(=O)CCc2nnc(N3CCN(c4nc(C5CC5)ns4)CC3)cc2C1. The second-order valence-electron chi connectivity index (χ2n) is 7.20. The largest absolute Gasteiger partial charge is 0.352 e. The quantitative estimate of drug-likeness (QED) is 0.764. The van der Waals surface area contributed by atoms with E-state index >= 15 is 0 Å². The normalized spacial score (nSPS) is 22.3. The lowest BCUT2D eigenvalue weighted by atomic mass is 10.2. The van der Waals surface area contributed by atoms with Gasteiger partial charge < -0.3 is 9.80 Å². The molecular formula is C16H20N6O2S2. The third kappa shape index (κ3) is 3.16. The van der Waals surface area contributed by atoms with Crippen LogP contribution in [0.4, 0.5) is 10.9 Å². The van der Waals surface area contributed by atoms with Crippen molar-refractivity contribution in [2.45, 2.75) is 30.9 Å². The number of hydrogen-bond donors (Lipinski definition) is 0. The topological polar surface area (TPSA) is 92.2 Å². The highest BCUT2D eigenvalue weighted by molar-refractivity contribution is 7.90. The molecule has 0 radical (unpaired) electrons. The number of piperazine rings is 1. The van der Waals surface area contributed by atoms with Crippen molar-refractivity contribution in [2.75, 3.05) is 41.7 Å². The van der Waals surface area contributed by atoms with Gasteiger partial charge in [0.05, 0.1) is 17.2 Å². The van der Waals surface area contributed by atoms with Crippen molar-refractivity contribution in [3.63, 3.8) is 0 Å². The zero-order valence-corrected chi connectivity index (χ0v) is 16.0. The first-order chi connectivity index (χ1) is 12.6. The van der Waals surface area contributed by atoms with Crippen molar-refractivity contribution < 1.29 is 8.42 Å². The van der Waals surface area contributed by atoms with Crippen LogP contribution in [0.1, 0.15) is 35.8 Å². The molecule has 0 aromatic carbocycles. The summed E-state index contributed by atoms with van der Waals surface area (Å²) in [5, 5.41) is 9.62. The van der Waals surface area contributed by atoms with Gasteiger partial charge in [0.15, 0.2) is 15.7 Å². The summed E-state index contributed by atoms with van der Waals surface area (Å²) in [6.07, 6.45) is 2.91. The smallest absolute Gasteiger partial charge is 0.205 e. The minimum absolute atomic E-state index is 0.0829. The number of aromatic nitrogens is 4. The molecule has 4 heterocycles. The first-order valence-electron chi connectivity index (χ1n) is 8.97. The fraction of sp³-hybridized carbons (Fsp3) is 0.625. The molecule has 26 heavy (non-hydrogen) atoms. The van der Waals surface area contributed by atoms with E-state index in [1.165, 1.54) is 24.4 Å². The fourth-order valence-corrected chi connectivity index (χ4v) is 5.65. The predicted octanol–water partition coefficient (Wildman–Crippen LogP) is 1.00. The summed E-state index contributed by atoms with van der Waals surface area (Å²) in [5.41, 5.74) is 1.63. The Bertz CT molecular complexity index is 932. The Morgan fingerprint density at radius 2 is 1.85 bits per heavy atom. The van der Waals surface area contributed by atoms with E-state index in [9.17, 15) is 8.42 Å². The Morgan fingerprint density at radius 1 is 1.08 bits per heavy atom. The van der Waals surface area contributed by atoms with Gasteiger partial charge in [-0.3, -0.25) is 0 Å². The van der Waals surface area contributed by atoms with Crippen molar-refractivity contribution >= 4 is 32.3 Å². The minimum atomic E-state index is -3.00. The predicted molar refractivity (Wildman–Crippen MR) is 99.5 cm³/mol. The van der Waals surface area contributed by atoms with Gasteiger partial charge in [0.1, 0.15) is 5.82 Å². The van der Waals surface area contributed by atoms with Crippen molar-refractivity contribution in [3.8, 4) is 0 Å². The third-order valence-corrected chi connectivity index (χ3v) is 7.59. The molecule has 0 N–H and O–H groups in total. The van der Waals surface area contributed by atoms with Gasteiger partial charge in [-0.1, -0.05) is 0 Å². The zero-order chi connectivity index (χ0) is 17.7. The van der Waals surface area contributed by atoms with Gasteiger partial charge in [-0.15, -0.1) is 5.10 Å². The second kappa shape index (κ2) is 6.12. The summed E-state index contributed by atoms with van der Waals surface area (Å²) >= 11 is 1.49. The number of rotatable bonds is 3. The zero-order valence-electron chi connectivity index (χ0n) is 14.3. The van der Waals surface area contributed by atoms with Crippen LogP contribution in [0.25, 0.3) is 0 Å². The number of hydrogen-bond acceptors (Lipinski definition) is 9. The van der Waals surface area contributed by atoms with E-state index < -0.39 is 9.84 Å². The molecule has 0 bridgehead atoms. The summed E-state index contributed by atoms with van der Waals surface area (Å²) < 4.78 is 28.2. The number of fused-ring (bicyclic) bond motifs is 1. The number of nitrogens with zero attached hydrogens (tertiary/aromatic N) is 6. The van der Waals surface area contributed by atoms with Crippen LogP contribution in [0.2, 0.25) is 0 Å². The molecule has 5 rings (SSSR count). The molecule has 0 amide bonds. The monoisotopic (exact) mass is 392 g/mol. The van der Waals surface area contributed by atoms with Gasteiger partial charge >= 0.3 is 0 Å². The van der Waals surface area contributed by atoms with Crippen molar-refractivity contribution in [3.05, 3.63) is 23.1 Å². The lowest BCUT2D eigenvalue weighted by Crippen LogP contribution is -2.47. The van der Waals surface area contributed by atoms with Gasteiger partial charge in [-0.2, -0.15) is 9.47 Å². The highest BCUT2D eigenvalue weighted by Crippen LogP contribution is 2.39. The molecule has 1 saturated heterocycles. The standard InChI is InChI=1S/C16H20N6O2S2/c23-26(24)8-3-13-12(10-26)9-14(19-18-13)21-4-6-22(7-5-21)16-17-15(20-25-16)11-1-2-11/h9,11H,1-8,10H2. The van der Waals surface area contributed by atoms with Crippen molar-refractivity contribution in [1.82, 2.24) is 19.6 Å².